The molecule has 0 aliphatic rings. The molecule has 5 N–H and O–H groups in total. The molecule has 0 rings (SSSR count). The lowest BCUT2D eigenvalue weighted by Gasteiger charge is -2.13. The number of aliphatic hydroxyl groups excluding tert-OH is 1. The van der Waals surface area contributed by atoms with Gasteiger partial charge in [-0.15, -0.1) is 0 Å². The van der Waals surface area contributed by atoms with E-state index in [9.17, 15) is 4.79 Å². The Hall–Kier alpha value is -0.810. The van der Waals surface area contributed by atoms with Gasteiger partial charge in [0.2, 0.25) is 0 Å². The summed E-state index contributed by atoms with van der Waals surface area (Å²) in [7, 11) is 0. The molecule has 0 radical (unpaired) electrons. The number of amides is 1. The van der Waals surface area contributed by atoms with Gasteiger partial charge in [0, 0.05) is 0 Å². The number of carboxylic acid groups (broad SMARTS) is 1. The second-order valence-corrected chi connectivity index (χ2v) is 1.72. The quantitative estimate of drug-likeness (QED) is 0.361. The van der Waals surface area contributed by atoms with Crippen molar-refractivity contribution in [3.05, 3.63) is 0 Å². The molecule has 0 bridgehead atoms. The fraction of sp³-hybridized carbons (Fsp3) is 0.750. The highest BCUT2D eigenvalue weighted by Crippen LogP contribution is 1.81. The molecule has 0 spiro atoms. The van der Waals surface area contributed by atoms with E-state index in [0.29, 0.717) is 0 Å². The zero-order chi connectivity index (χ0) is 7.44. The molecule has 0 aliphatic carbocycles. The average molecular weight is 134 g/mol. The lowest BCUT2D eigenvalue weighted by Crippen LogP contribution is -2.47. The molecule has 2 unspecified atom stereocenters. The maximum Gasteiger partial charge on any atom is 0.405 e. The molecule has 2 atom stereocenters. The van der Waals surface area contributed by atoms with E-state index in [1.54, 1.807) is 0 Å². The average Bonchev–Trinajstić information content (AvgIpc) is 1.63. The van der Waals surface area contributed by atoms with Crippen LogP contribution in [-0.4, -0.2) is 28.6 Å². The monoisotopic (exact) mass is 134 g/mol. The van der Waals surface area contributed by atoms with Gasteiger partial charge in [0.05, 0.1) is 6.10 Å². The van der Waals surface area contributed by atoms with E-state index < -0.39 is 18.4 Å². The number of nitrogens with one attached hydrogen (secondary N) is 1. The Kier molecular flexibility index (Phi) is 2.97. The zero-order valence-electron chi connectivity index (χ0n) is 5.03. The summed E-state index contributed by atoms with van der Waals surface area (Å²) in [6.07, 6.45) is -2.99. The first-order valence-electron chi connectivity index (χ1n) is 2.47. The second kappa shape index (κ2) is 3.26. The van der Waals surface area contributed by atoms with Crippen molar-refractivity contribution in [2.45, 2.75) is 19.2 Å². The van der Waals surface area contributed by atoms with Crippen LogP contribution >= 0.6 is 0 Å². The maximum absolute atomic E-state index is 9.81. The fourth-order valence-electron chi connectivity index (χ4n) is 0.263. The molecule has 1 amide bonds. The minimum atomic E-state index is -1.23. The minimum absolute atomic E-state index is 0.860. The topological polar surface area (TPSA) is 95.6 Å². The van der Waals surface area contributed by atoms with E-state index >= 15 is 0 Å². The van der Waals surface area contributed by atoms with E-state index in [1.165, 1.54) is 6.92 Å². The molecule has 5 nitrogen and oxygen atoms in total. The zero-order valence-corrected chi connectivity index (χ0v) is 5.03. The number of rotatable bonds is 2. The Balaban J connectivity index is 3.50. The van der Waals surface area contributed by atoms with Crippen LogP contribution in [0.4, 0.5) is 4.79 Å². The van der Waals surface area contributed by atoms with Gasteiger partial charge in [-0.25, -0.2) is 4.79 Å². The van der Waals surface area contributed by atoms with Gasteiger partial charge < -0.3 is 21.3 Å². The molecule has 0 aromatic heterocycles. The molecule has 0 heterocycles. The number of aliphatic hydroxyl groups is 1. The van der Waals surface area contributed by atoms with Crippen LogP contribution in [-0.2, 0) is 0 Å². The Bertz CT molecular complexity index is 104. The highest BCUT2D eigenvalue weighted by molar-refractivity contribution is 5.64. The second-order valence-electron chi connectivity index (χ2n) is 1.72. The lowest BCUT2D eigenvalue weighted by atomic mass is 10.3. The van der Waals surface area contributed by atoms with Gasteiger partial charge >= 0.3 is 6.09 Å². The molecule has 0 fully saturated rings. The molecule has 0 aromatic rings. The summed E-state index contributed by atoms with van der Waals surface area (Å²) in [6, 6.07) is 0. The summed E-state index contributed by atoms with van der Waals surface area (Å²) in [5.41, 5.74) is 5.08. The Labute approximate surface area is 52.5 Å². The molecule has 5 heteroatoms. The van der Waals surface area contributed by atoms with Crippen molar-refractivity contribution in [2.75, 3.05) is 0 Å². The van der Waals surface area contributed by atoms with Gasteiger partial charge in [0.1, 0.15) is 6.17 Å². The number of hydrogen-bond donors (Lipinski definition) is 4. The summed E-state index contributed by atoms with van der Waals surface area (Å²) in [5, 5.41) is 18.5. The first kappa shape index (κ1) is 8.19. The molecule has 0 saturated carbocycles. The van der Waals surface area contributed by atoms with Crippen molar-refractivity contribution in [3.8, 4) is 0 Å². The third-order valence-corrected chi connectivity index (χ3v) is 0.810. The molecule has 54 valence electrons. The molecule has 9 heavy (non-hydrogen) atoms. The number of nitrogens with two attached hydrogens (primary N) is 1. The van der Waals surface area contributed by atoms with Crippen molar-refractivity contribution in [3.63, 3.8) is 0 Å². The highest BCUT2D eigenvalue weighted by atomic mass is 16.4. The predicted octanol–water partition coefficient (Wildman–Crippen LogP) is -1.08. The van der Waals surface area contributed by atoms with Crippen LogP contribution in [0.2, 0.25) is 0 Å². The van der Waals surface area contributed by atoms with E-state index in [0.717, 1.165) is 0 Å². The summed E-state index contributed by atoms with van der Waals surface area (Å²) in [4.78, 5) is 9.81. The maximum atomic E-state index is 9.81. The first-order valence-corrected chi connectivity index (χ1v) is 2.47. The number of carbonyl (C=O) groups is 1. The molecule has 0 aromatic carbocycles. The van der Waals surface area contributed by atoms with Crippen molar-refractivity contribution >= 4 is 6.09 Å². The largest absolute Gasteiger partial charge is 0.465 e. The fourth-order valence-corrected chi connectivity index (χ4v) is 0.263. The number of hydrogen-bond acceptors (Lipinski definition) is 3. The standard InChI is InChI=1S/C4H10N2O3/c1-2(7)3(5)6-4(8)9/h2-3,6-7H,5H2,1H3,(H,8,9). The lowest BCUT2D eigenvalue weighted by molar-refractivity contribution is 0.135. The normalized spacial score (nSPS) is 16.3. The SMILES string of the molecule is CC(O)C(N)NC(=O)O. The van der Waals surface area contributed by atoms with Crippen LogP contribution in [0.1, 0.15) is 6.92 Å². The minimum Gasteiger partial charge on any atom is -0.465 e. The summed E-state index contributed by atoms with van der Waals surface area (Å²) in [6.45, 7) is 1.40. The van der Waals surface area contributed by atoms with E-state index in [4.69, 9.17) is 15.9 Å². The van der Waals surface area contributed by atoms with Gasteiger partial charge in [0.25, 0.3) is 0 Å². The first-order chi connectivity index (χ1) is 4.04. The summed E-state index contributed by atoms with van der Waals surface area (Å²) < 4.78 is 0. The van der Waals surface area contributed by atoms with Crippen LogP contribution in [0.5, 0.6) is 0 Å². The molecule has 0 saturated heterocycles. The Morgan fingerprint density at radius 1 is 1.78 bits per heavy atom. The van der Waals surface area contributed by atoms with Crippen LogP contribution in [0.15, 0.2) is 0 Å². The van der Waals surface area contributed by atoms with Crippen molar-refractivity contribution in [2.24, 2.45) is 5.73 Å². The van der Waals surface area contributed by atoms with Crippen molar-refractivity contribution in [1.29, 1.82) is 0 Å². The molecular weight excluding hydrogens is 124 g/mol. The van der Waals surface area contributed by atoms with Gasteiger partial charge in [-0.1, -0.05) is 0 Å². The predicted molar refractivity (Wildman–Crippen MR) is 30.8 cm³/mol. The van der Waals surface area contributed by atoms with Crippen LogP contribution in [0.25, 0.3) is 0 Å². The van der Waals surface area contributed by atoms with Crippen LogP contribution < -0.4 is 11.1 Å². The highest BCUT2D eigenvalue weighted by Gasteiger charge is 2.09. The third-order valence-electron chi connectivity index (χ3n) is 0.810. The Morgan fingerprint density at radius 2 is 2.22 bits per heavy atom. The third kappa shape index (κ3) is 3.75. The smallest absolute Gasteiger partial charge is 0.405 e. The van der Waals surface area contributed by atoms with Crippen LogP contribution in [0, 0.1) is 0 Å². The molecule has 0 aliphatic heterocycles. The van der Waals surface area contributed by atoms with Gasteiger partial charge in [-0.05, 0) is 6.92 Å². The van der Waals surface area contributed by atoms with Crippen molar-refractivity contribution < 1.29 is 15.0 Å². The summed E-state index contributed by atoms with van der Waals surface area (Å²) >= 11 is 0. The van der Waals surface area contributed by atoms with E-state index in [2.05, 4.69) is 0 Å². The Morgan fingerprint density at radius 3 is 2.33 bits per heavy atom. The molecular formula is C4H10N2O3. The van der Waals surface area contributed by atoms with E-state index in [1.807, 2.05) is 5.32 Å². The van der Waals surface area contributed by atoms with Gasteiger partial charge in [-0.3, -0.25) is 0 Å². The van der Waals surface area contributed by atoms with Crippen LogP contribution in [0.3, 0.4) is 0 Å². The van der Waals surface area contributed by atoms with Gasteiger partial charge in [0.15, 0.2) is 0 Å². The summed E-state index contributed by atoms with van der Waals surface area (Å²) in [5.74, 6) is 0. The van der Waals surface area contributed by atoms with Crippen molar-refractivity contribution in [1.82, 2.24) is 5.32 Å². The van der Waals surface area contributed by atoms with E-state index in [-0.39, 0.29) is 0 Å². The van der Waals surface area contributed by atoms with Gasteiger partial charge in [-0.2, -0.15) is 0 Å².